The Hall–Kier alpha value is -0.610. The number of carbonyl (C=O) groups excluding carboxylic acids is 1. The number of carbonyl (C=O) groups is 1. The van der Waals surface area contributed by atoms with Crippen molar-refractivity contribution < 1.29 is 14.6 Å². The molecule has 4 nitrogen and oxygen atoms in total. The number of rotatable bonds is 4. The predicted molar refractivity (Wildman–Crippen MR) is 52.9 cm³/mol. The zero-order valence-electron chi connectivity index (χ0n) is 8.66. The lowest BCUT2D eigenvalue weighted by Crippen LogP contribution is -2.37. The number of nitrogens with one attached hydrogen (secondary N) is 1. The second kappa shape index (κ2) is 5.98. The number of hydrogen-bond acceptors (Lipinski definition) is 3. The molecule has 1 amide bonds. The summed E-state index contributed by atoms with van der Waals surface area (Å²) in [6.45, 7) is 2.53. The fourth-order valence-corrected chi connectivity index (χ4v) is 1.55. The van der Waals surface area contributed by atoms with Gasteiger partial charge in [-0.25, -0.2) is 0 Å². The molecule has 1 fully saturated rings. The SMILES string of the molecule is C[C@H](CO)NC(=O)CC1CCCCO1. The van der Waals surface area contributed by atoms with Gasteiger partial charge in [-0.05, 0) is 26.2 Å². The third-order valence-corrected chi connectivity index (χ3v) is 2.37. The van der Waals surface area contributed by atoms with Crippen LogP contribution in [-0.2, 0) is 9.53 Å². The van der Waals surface area contributed by atoms with Gasteiger partial charge in [-0.15, -0.1) is 0 Å². The number of aliphatic hydroxyl groups excluding tert-OH is 1. The standard InChI is InChI=1S/C10H19NO3/c1-8(7-12)11-10(13)6-9-4-2-3-5-14-9/h8-9,12H,2-7H2,1H3,(H,11,13)/t8-,9?/m1/s1. The van der Waals surface area contributed by atoms with E-state index in [-0.39, 0.29) is 24.7 Å². The van der Waals surface area contributed by atoms with Crippen molar-refractivity contribution in [2.24, 2.45) is 0 Å². The lowest BCUT2D eigenvalue weighted by Gasteiger charge is -2.22. The molecule has 1 rings (SSSR count). The summed E-state index contributed by atoms with van der Waals surface area (Å²) in [5.74, 6) is -0.0292. The molecule has 2 N–H and O–H groups in total. The average molecular weight is 201 g/mol. The fourth-order valence-electron chi connectivity index (χ4n) is 1.55. The zero-order chi connectivity index (χ0) is 10.4. The normalized spacial score (nSPS) is 24.3. The lowest BCUT2D eigenvalue weighted by molar-refractivity contribution is -0.125. The summed E-state index contributed by atoms with van der Waals surface area (Å²) in [5.41, 5.74) is 0. The highest BCUT2D eigenvalue weighted by molar-refractivity contribution is 5.76. The third kappa shape index (κ3) is 4.07. The monoisotopic (exact) mass is 201 g/mol. The Morgan fingerprint density at radius 3 is 3.00 bits per heavy atom. The highest BCUT2D eigenvalue weighted by Crippen LogP contribution is 2.15. The van der Waals surface area contributed by atoms with Crippen molar-refractivity contribution >= 4 is 5.91 Å². The number of hydrogen-bond donors (Lipinski definition) is 2. The van der Waals surface area contributed by atoms with Gasteiger partial charge in [0.05, 0.1) is 19.1 Å². The van der Waals surface area contributed by atoms with Crippen LogP contribution in [0.25, 0.3) is 0 Å². The Balaban J connectivity index is 2.18. The molecule has 0 aromatic carbocycles. The largest absolute Gasteiger partial charge is 0.394 e. The lowest BCUT2D eigenvalue weighted by atomic mass is 10.1. The highest BCUT2D eigenvalue weighted by atomic mass is 16.5. The highest BCUT2D eigenvalue weighted by Gasteiger charge is 2.18. The van der Waals surface area contributed by atoms with Gasteiger partial charge >= 0.3 is 0 Å². The van der Waals surface area contributed by atoms with Gasteiger partial charge in [0.2, 0.25) is 5.91 Å². The Bertz CT molecular complexity index is 178. The minimum atomic E-state index is -0.161. The summed E-state index contributed by atoms with van der Waals surface area (Å²) < 4.78 is 5.44. The molecule has 1 unspecified atom stereocenters. The van der Waals surface area contributed by atoms with E-state index in [4.69, 9.17) is 9.84 Å². The molecule has 0 bridgehead atoms. The molecule has 0 aliphatic carbocycles. The fraction of sp³-hybridized carbons (Fsp3) is 0.900. The first-order valence-electron chi connectivity index (χ1n) is 5.24. The first kappa shape index (κ1) is 11.5. The molecule has 0 radical (unpaired) electrons. The Morgan fingerprint density at radius 2 is 2.43 bits per heavy atom. The van der Waals surface area contributed by atoms with Gasteiger partial charge in [0, 0.05) is 12.6 Å². The van der Waals surface area contributed by atoms with Crippen LogP contribution in [0.15, 0.2) is 0 Å². The van der Waals surface area contributed by atoms with Crippen LogP contribution in [0.1, 0.15) is 32.6 Å². The molecule has 2 atom stereocenters. The van der Waals surface area contributed by atoms with Gasteiger partial charge in [-0.3, -0.25) is 4.79 Å². The molecule has 1 aliphatic rings. The summed E-state index contributed by atoms with van der Waals surface area (Å²) in [6.07, 6.45) is 3.72. The van der Waals surface area contributed by atoms with E-state index in [1.807, 2.05) is 0 Å². The molecular weight excluding hydrogens is 182 g/mol. The summed E-state index contributed by atoms with van der Waals surface area (Å²) in [4.78, 5) is 11.4. The van der Waals surface area contributed by atoms with Gasteiger partial charge in [0.25, 0.3) is 0 Å². The summed E-state index contributed by atoms with van der Waals surface area (Å²) in [6, 6.07) is -0.161. The van der Waals surface area contributed by atoms with Crippen molar-refractivity contribution in [2.75, 3.05) is 13.2 Å². The van der Waals surface area contributed by atoms with Crippen molar-refractivity contribution in [3.8, 4) is 0 Å². The average Bonchev–Trinajstić information content (AvgIpc) is 2.19. The Labute approximate surface area is 84.6 Å². The molecule has 4 heteroatoms. The van der Waals surface area contributed by atoms with Crippen molar-refractivity contribution in [3.63, 3.8) is 0 Å². The number of amides is 1. The smallest absolute Gasteiger partial charge is 0.222 e. The van der Waals surface area contributed by atoms with E-state index in [9.17, 15) is 4.79 Å². The first-order chi connectivity index (χ1) is 6.72. The van der Waals surface area contributed by atoms with Crippen molar-refractivity contribution in [2.45, 2.75) is 44.8 Å². The summed E-state index contributed by atoms with van der Waals surface area (Å²) >= 11 is 0. The van der Waals surface area contributed by atoms with Crippen molar-refractivity contribution in [1.82, 2.24) is 5.32 Å². The van der Waals surface area contributed by atoms with Crippen molar-refractivity contribution in [3.05, 3.63) is 0 Å². The molecular formula is C10H19NO3. The van der Waals surface area contributed by atoms with Crippen LogP contribution >= 0.6 is 0 Å². The maximum atomic E-state index is 11.4. The van der Waals surface area contributed by atoms with Gasteiger partial charge in [-0.1, -0.05) is 0 Å². The summed E-state index contributed by atoms with van der Waals surface area (Å²) in [5, 5.41) is 11.5. The van der Waals surface area contributed by atoms with Crippen LogP contribution < -0.4 is 5.32 Å². The summed E-state index contributed by atoms with van der Waals surface area (Å²) in [7, 11) is 0. The van der Waals surface area contributed by atoms with Crippen LogP contribution in [0.4, 0.5) is 0 Å². The van der Waals surface area contributed by atoms with Gasteiger partial charge in [0.15, 0.2) is 0 Å². The van der Waals surface area contributed by atoms with E-state index in [1.165, 1.54) is 0 Å². The maximum absolute atomic E-state index is 11.4. The van der Waals surface area contributed by atoms with Crippen molar-refractivity contribution in [1.29, 1.82) is 0 Å². The van der Waals surface area contributed by atoms with Crippen LogP contribution in [0, 0.1) is 0 Å². The molecule has 0 aromatic rings. The Kier molecular flexibility index (Phi) is 4.90. The molecule has 0 aromatic heterocycles. The van der Waals surface area contributed by atoms with Crippen LogP contribution in [-0.4, -0.2) is 36.4 Å². The van der Waals surface area contributed by atoms with Crippen LogP contribution in [0.5, 0.6) is 0 Å². The molecule has 1 aliphatic heterocycles. The molecule has 1 heterocycles. The van der Waals surface area contributed by atoms with Gasteiger partial charge < -0.3 is 15.2 Å². The molecule has 82 valence electrons. The molecule has 0 saturated carbocycles. The molecule has 0 spiro atoms. The maximum Gasteiger partial charge on any atom is 0.222 e. The van der Waals surface area contributed by atoms with Crippen LogP contribution in [0.2, 0.25) is 0 Å². The van der Waals surface area contributed by atoms with E-state index in [1.54, 1.807) is 6.92 Å². The van der Waals surface area contributed by atoms with Gasteiger partial charge in [0.1, 0.15) is 0 Å². The quantitative estimate of drug-likeness (QED) is 0.694. The Morgan fingerprint density at radius 1 is 1.64 bits per heavy atom. The number of aliphatic hydroxyl groups is 1. The third-order valence-electron chi connectivity index (χ3n) is 2.37. The topological polar surface area (TPSA) is 58.6 Å². The first-order valence-corrected chi connectivity index (χ1v) is 5.24. The minimum Gasteiger partial charge on any atom is -0.394 e. The molecule has 14 heavy (non-hydrogen) atoms. The van der Waals surface area contributed by atoms with E-state index in [2.05, 4.69) is 5.32 Å². The molecule has 1 saturated heterocycles. The second-order valence-corrected chi connectivity index (χ2v) is 3.84. The van der Waals surface area contributed by atoms with E-state index in [0.29, 0.717) is 6.42 Å². The van der Waals surface area contributed by atoms with E-state index >= 15 is 0 Å². The van der Waals surface area contributed by atoms with Crippen LogP contribution in [0.3, 0.4) is 0 Å². The minimum absolute atomic E-state index is 0.0166. The van der Waals surface area contributed by atoms with E-state index < -0.39 is 0 Å². The zero-order valence-corrected chi connectivity index (χ0v) is 8.66. The van der Waals surface area contributed by atoms with E-state index in [0.717, 1.165) is 25.9 Å². The number of ether oxygens (including phenoxy) is 1. The second-order valence-electron chi connectivity index (χ2n) is 3.84. The predicted octanol–water partition coefficient (Wildman–Crippen LogP) is 0.443. The van der Waals surface area contributed by atoms with Gasteiger partial charge in [-0.2, -0.15) is 0 Å².